The number of alkyl halides is 2. The number of nitrogens with one attached hydrogen (secondary N) is 1. The van der Waals surface area contributed by atoms with Gasteiger partial charge in [-0.15, -0.1) is 0 Å². The van der Waals surface area contributed by atoms with Crippen molar-refractivity contribution in [2.45, 2.75) is 17.4 Å². The predicted octanol–water partition coefficient (Wildman–Crippen LogP) is 5.41. The maximum atomic E-state index is 15.0. The van der Waals surface area contributed by atoms with E-state index in [0.717, 1.165) is 27.8 Å². The first kappa shape index (κ1) is 27.0. The van der Waals surface area contributed by atoms with Crippen LogP contribution in [0.3, 0.4) is 0 Å². The van der Waals surface area contributed by atoms with Gasteiger partial charge < -0.3 is 4.90 Å². The van der Waals surface area contributed by atoms with Gasteiger partial charge in [0, 0.05) is 18.2 Å². The number of rotatable bonds is 6. The van der Waals surface area contributed by atoms with Gasteiger partial charge in [0.25, 0.3) is 15.9 Å². The van der Waals surface area contributed by atoms with Crippen molar-refractivity contribution in [2.75, 3.05) is 4.90 Å². The Morgan fingerprint density at radius 2 is 1.57 bits per heavy atom. The molecule has 0 radical (unpaired) electrons. The van der Waals surface area contributed by atoms with E-state index in [-0.39, 0.29) is 29.9 Å². The fourth-order valence-corrected chi connectivity index (χ4v) is 5.42. The predicted molar refractivity (Wildman–Crippen MR) is 136 cm³/mol. The monoisotopic (exact) mass is 572 g/mol. The van der Waals surface area contributed by atoms with Crippen LogP contribution in [0.1, 0.15) is 16.7 Å². The molecule has 1 heterocycles. The SMILES string of the molecule is O=C(/C=C/c1cccc2c1N(Cc1ccc3ccccc3c1)C(=O)C2(F)F)NS(=O)(=O)c1cc(F)c(F)cc1F. The van der Waals surface area contributed by atoms with E-state index in [1.54, 1.807) is 18.2 Å². The molecule has 1 aliphatic rings. The molecular formula is C28H17F5N2O4S. The van der Waals surface area contributed by atoms with Crippen molar-refractivity contribution in [3.8, 4) is 0 Å². The third kappa shape index (κ3) is 4.81. The summed E-state index contributed by atoms with van der Waals surface area (Å²) in [6, 6.07) is 16.3. The number of nitrogens with zero attached hydrogens (tertiary/aromatic N) is 1. The minimum absolute atomic E-state index is 0.00429. The largest absolute Gasteiger partial charge is 0.352 e. The molecule has 4 aromatic carbocycles. The molecule has 6 nitrogen and oxygen atoms in total. The van der Waals surface area contributed by atoms with Crippen LogP contribution in [0.4, 0.5) is 27.6 Å². The number of halogens is 5. The fraction of sp³-hybridized carbons (Fsp3) is 0.0714. The van der Waals surface area contributed by atoms with Crippen molar-refractivity contribution >= 4 is 44.4 Å². The molecule has 0 spiro atoms. The lowest BCUT2D eigenvalue weighted by Crippen LogP contribution is -2.34. The standard InChI is InChI=1S/C28H17F5N2O4S/c29-21-13-23(31)24(14-22(21)30)40(38,39)34-25(36)11-10-18-6-3-7-20-26(18)35(27(37)28(20,32)33)15-16-8-9-17-4-1-2-5-19(17)12-16/h1-14H,15H2,(H,34,36)/b11-10+. The maximum Gasteiger partial charge on any atom is 0.352 e. The number of amides is 2. The van der Waals surface area contributed by atoms with Crippen molar-refractivity contribution in [2.24, 2.45) is 0 Å². The van der Waals surface area contributed by atoms with E-state index in [4.69, 9.17) is 0 Å². The number of carbonyl (C=O) groups excluding carboxylic acids is 2. The number of hydrogen-bond acceptors (Lipinski definition) is 4. The molecule has 0 saturated heterocycles. The van der Waals surface area contributed by atoms with Crippen molar-refractivity contribution in [3.63, 3.8) is 0 Å². The molecule has 0 aliphatic carbocycles. The molecule has 4 aromatic rings. The molecule has 0 unspecified atom stereocenters. The zero-order valence-electron chi connectivity index (χ0n) is 20.2. The number of para-hydroxylation sites is 1. The summed E-state index contributed by atoms with van der Waals surface area (Å²) < 4.78 is 96.7. The molecule has 40 heavy (non-hydrogen) atoms. The second kappa shape index (κ2) is 9.87. The zero-order chi connectivity index (χ0) is 28.8. The summed E-state index contributed by atoms with van der Waals surface area (Å²) in [6.07, 6.45) is 1.67. The third-order valence-electron chi connectivity index (χ3n) is 6.26. The van der Waals surface area contributed by atoms with E-state index in [2.05, 4.69) is 0 Å². The molecule has 12 heteroatoms. The molecule has 0 aromatic heterocycles. The summed E-state index contributed by atoms with van der Waals surface area (Å²) in [5.74, 6) is -11.6. The Hall–Kier alpha value is -4.58. The highest BCUT2D eigenvalue weighted by molar-refractivity contribution is 7.90. The number of anilines is 1. The van der Waals surface area contributed by atoms with Gasteiger partial charge in [0.15, 0.2) is 11.6 Å². The minimum atomic E-state index is -4.96. The smallest absolute Gasteiger partial charge is 0.301 e. The van der Waals surface area contributed by atoms with Crippen LogP contribution in [0, 0.1) is 17.5 Å². The van der Waals surface area contributed by atoms with Crippen LogP contribution in [-0.4, -0.2) is 20.2 Å². The van der Waals surface area contributed by atoms with Crippen LogP contribution in [0.25, 0.3) is 16.8 Å². The first-order valence-electron chi connectivity index (χ1n) is 11.6. The Morgan fingerprint density at radius 3 is 2.33 bits per heavy atom. The van der Waals surface area contributed by atoms with Gasteiger partial charge in [-0.1, -0.05) is 54.6 Å². The molecule has 5 rings (SSSR count). The first-order chi connectivity index (χ1) is 18.9. The molecule has 1 N–H and O–H groups in total. The average Bonchev–Trinajstić information content (AvgIpc) is 3.10. The highest BCUT2D eigenvalue weighted by atomic mass is 32.2. The number of sulfonamides is 1. The normalized spacial score (nSPS) is 14.6. The van der Waals surface area contributed by atoms with Crippen molar-refractivity contribution < 1.29 is 40.0 Å². The average molecular weight is 573 g/mol. The Bertz CT molecular complexity index is 1840. The summed E-state index contributed by atoms with van der Waals surface area (Å²) in [4.78, 5) is 24.7. The molecule has 0 bridgehead atoms. The van der Waals surface area contributed by atoms with Gasteiger partial charge in [0.05, 0.1) is 17.8 Å². The minimum Gasteiger partial charge on any atom is -0.301 e. The van der Waals surface area contributed by atoms with Gasteiger partial charge in [-0.25, -0.2) is 26.3 Å². The van der Waals surface area contributed by atoms with Crippen LogP contribution in [-0.2, 0) is 32.1 Å². The van der Waals surface area contributed by atoms with E-state index in [1.807, 2.05) is 24.3 Å². The van der Waals surface area contributed by atoms with Crippen molar-refractivity contribution in [3.05, 3.63) is 113 Å². The summed E-state index contributed by atoms with van der Waals surface area (Å²) in [7, 11) is -4.96. The van der Waals surface area contributed by atoms with Gasteiger partial charge in [-0.2, -0.15) is 8.78 Å². The quantitative estimate of drug-likeness (QED) is 0.190. The number of carbonyl (C=O) groups is 2. The molecular weight excluding hydrogens is 555 g/mol. The first-order valence-corrected chi connectivity index (χ1v) is 13.1. The molecule has 0 fully saturated rings. The maximum absolute atomic E-state index is 15.0. The zero-order valence-corrected chi connectivity index (χ0v) is 21.0. The van der Waals surface area contributed by atoms with Crippen molar-refractivity contribution in [1.29, 1.82) is 0 Å². The lowest BCUT2D eigenvalue weighted by atomic mass is 10.0. The number of hydrogen-bond donors (Lipinski definition) is 1. The summed E-state index contributed by atoms with van der Waals surface area (Å²) in [6.45, 7) is -0.215. The molecule has 1 aliphatic heterocycles. The van der Waals surface area contributed by atoms with Crippen LogP contribution < -0.4 is 9.62 Å². The van der Waals surface area contributed by atoms with Crippen LogP contribution in [0.15, 0.2) is 83.8 Å². The molecule has 204 valence electrons. The second-order valence-electron chi connectivity index (χ2n) is 8.89. The lowest BCUT2D eigenvalue weighted by molar-refractivity contribution is -0.141. The van der Waals surface area contributed by atoms with E-state index >= 15 is 0 Å². The Kier molecular flexibility index (Phi) is 6.66. The van der Waals surface area contributed by atoms with Gasteiger partial charge in [0.2, 0.25) is 0 Å². The lowest BCUT2D eigenvalue weighted by Gasteiger charge is -2.19. The van der Waals surface area contributed by atoms with Crippen LogP contribution in [0.2, 0.25) is 0 Å². The van der Waals surface area contributed by atoms with Crippen molar-refractivity contribution in [1.82, 2.24) is 4.72 Å². The molecule has 0 atom stereocenters. The molecule has 2 amide bonds. The fourth-order valence-electron chi connectivity index (χ4n) is 4.40. The van der Waals surface area contributed by atoms with Crippen LogP contribution in [0.5, 0.6) is 0 Å². The summed E-state index contributed by atoms with van der Waals surface area (Å²) in [5.41, 5.74) is -0.219. The van der Waals surface area contributed by atoms with E-state index < -0.39 is 55.7 Å². The van der Waals surface area contributed by atoms with E-state index in [9.17, 15) is 40.0 Å². The highest BCUT2D eigenvalue weighted by Gasteiger charge is 2.53. The Balaban J connectivity index is 1.45. The highest BCUT2D eigenvalue weighted by Crippen LogP contribution is 2.47. The molecule has 0 saturated carbocycles. The third-order valence-corrected chi connectivity index (χ3v) is 7.62. The van der Waals surface area contributed by atoms with Gasteiger partial charge in [-0.3, -0.25) is 9.59 Å². The topological polar surface area (TPSA) is 83.6 Å². The van der Waals surface area contributed by atoms with Gasteiger partial charge in [0.1, 0.15) is 10.7 Å². The summed E-state index contributed by atoms with van der Waals surface area (Å²) >= 11 is 0. The number of benzene rings is 4. The van der Waals surface area contributed by atoms with Crippen LogP contribution >= 0.6 is 0 Å². The number of fused-ring (bicyclic) bond motifs is 2. The van der Waals surface area contributed by atoms with E-state index in [1.165, 1.54) is 16.9 Å². The van der Waals surface area contributed by atoms with Gasteiger partial charge in [-0.05, 0) is 34.0 Å². The van der Waals surface area contributed by atoms with Gasteiger partial charge >= 0.3 is 11.8 Å². The summed E-state index contributed by atoms with van der Waals surface area (Å²) in [5, 5.41) is 1.75. The second-order valence-corrected chi connectivity index (χ2v) is 10.5. The van der Waals surface area contributed by atoms with E-state index in [0.29, 0.717) is 11.6 Å². The Morgan fingerprint density at radius 1 is 0.875 bits per heavy atom. The Labute approximate surface area is 224 Å².